The van der Waals surface area contributed by atoms with Gasteiger partial charge in [0.05, 0.1) is 7.11 Å². The van der Waals surface area contributed by atoms with Gasteiger partial charge < -0.3 is 10.5 Å². The Kier molecular flexibility index (Phi) is 4.20. The van der Waals surface area contributed by atoms with E-state index in [0.29, 0.717) is 0 Å². The molecule has 76 valence electrons. The largest absolute Gasteiger partial charge is 0.497 e. The van der Waals surface area contributed by atoms with Gasteiger partial charge in [-0.05, 0) is 30.5 Å². The first-order valence-electron chi connectivity index (χ1n) is 4.78. The first kappa shape index (κ1) is 10.8. The second kappa shape index (κ2) is 5.45. The van der Waals surface area contributed by atoms with Gasteiger partial charge in [-0.15, -0.1) is 6.58 Å². The van der Waals surface area contributed by atoms with Crippen molar-refractivity contribution in [3.63, 3.8) is 0 Å². The quantitative estimate of drug-likeness (QED) is 0.726. The molecule has 2 nitrogen and oxygen atoms in total. The predicted octanol–water partition coefficient (Wildman–Crippen LogP) is 2.66. The molecule has 0 bridgehead atoms. The van der Waals surface area contributed by atoms with Gasteiger partial charge in [0, 0.05) is 6.04 Å². The van der Waals surface area contributed by atoms with Crippen LogP contribution in [0.5, 0.6) is 5.75 Å². The Bertz CT molecular complexity index is 279. The Morgan fingerprint density at radius 2 is 2.07 bits per heavy atom. The van der Waals surface area contributed by atoms with Gasteiger partial charge in [-0.25, -0.2) is 0 Å². The fraction of sp³-hybridized carbons (Fsp3) is 0.333. The zero-order valence-electron chi connectivity index (χ0n) is 8.57. The van der Waals surface area contributed by atoms with Crippen molar-refractivity contribution in [3.05, 3.63) is 42.5 Å². The highest BCUT2D eigenvalue weighted by atomic mass is 16.5. The minimum absolute atomic E-state index is 0.0962. The number of benzene rings is 1. The summed E-state index contributed by atoms with van der Waals surface area (Å²) in [6, 6.07) is 7.98. The second-order valence-electron chi connectivity index (χ2n) is 3.25. The molecule has 1 rings (SSSR count). The summed E-state index contributed by atoms with van der Waals surface area (Å²) in [7, 11) is 1.66. The molecular weight excluding hydrogens is 174 g/mol. The molecule has 0 heterocycles. The van der Waals surface area contributed by atoms with E-state index in [0.717, 1.165) is 24.2 Å². The van der Waals surface area contributed by atoms with E-state index >= 15 is 0 Å². The van der Waals surface area contributed by atoms with Crippen molar-refractivity contribution in [1.29, 1.82) is 0 Å². The maximum Gasteiger partial charge on any atom is 0.118 e. The fourth-order valence-electron chi connectivity index (χ4n) is 1.32. The standard InChI is InChI=1S/C12H17NO/c1-3-4-5-12(13)10-6-8-11(14-2)9-7-10/h3,6-9,12H,1,4-5,13H2,2H3/t12-/m1/s1. The van der Waals surface area contributed by atoms with Crippen LogP contribution in [-0.4, -0.2) is 7.11 Å². The molecule has 0 aromatic heterocycles. The summed E-state index contributed by atoms with van der Waals surface area (Å²) in [4.78, 5) is 0. The van der Waals surface area contributed by atoms with Gasteiger partial charge in [0.15, 0.2) is 0 Å². The lowest BCUT2D eigenvalue weighted by atomic mass is 10.0. The number of methoxy groups -OCH3 is 1. The Balaban J connectivity index is 2.61. The van der Waals surface area contributed by atoms with Crippen LogP contribution < -0.4 is 10.5 Å². The normalized spacial score (nSPS) is 12.1. The van der Waals surface area contributed by atoms with Gasteiger partial charge in [-0.3, -0.25) is 0 Å². The van der Waals surface area contributed by atoms with Gasteiger partial charge in [0.2, 0.25) is 0 Å². The van der Waals surface area contributed by atoms with E-state index in [4.69, 9.17) is 10.5 Å². The molecule has 0 aliphatic carbocycles. The zero-order chi connectivity index (χ0) is 10.4. The molecule has 0 aliphatic rings. The molecule has 2 N–H and O–H groups in total. The Morgan fingerprint density at radius 1 is 1.43 bits per heavy atom. The van der Waals surface area contributed by atoms with Gasteiger partial charge in [0.1, 0.15) is 5.75 Å². The molecule has 1 atom stereocenters. The van der Waals surface area contributed by atoms with Gasteiger partial charge in [-0.1, -0.05) is 18.2 Å². The lowest BCUT2D eigenvalue weighted by Crippen LogP contribution is -2.09. The maximum atomic E-state index is 5.98. The van der Waals surface area contributed by atoms with E-state index in [2.05, 4.69) is 6.58 Å². The molecule has 0 aliphatic heterocycles. The van der Waals surface area contributed by atoms with Crippen LogP contribution in [0.15, 0.2) is 36.9 Å². The summed E-state index contributed by atoms with van der Waals surface area (Å²) < 4.78 is 5.07. The summed E-state index contributed by atoms with van der Waals surface area (Å²) in [5, 5.41) is 0. The van der Waals surface area contributed by atoms with Crippen LogP contribution in [0.4, 0.5) is 0 Å². The summed E-state index contributed by atoms with van der Waals surface area (Å²) in [5.41, 5.74) is 7.13. The number of nitrogens with two attached hydrogens (primary N) is 1. The third-order valence-corrected chi connectivity index (χ3v) is 2.23. The molecule has 0 saturated heterocycles. The molecule has 0 unspecified atom stereocenters. The lowest BCUT2D eigenvalue weighted by molar-refractivity contribution is 0.414. The van der Waals surface area contributed by atoms with Crippen LogP contribution in [-0.2, 0) is 0 Å². The van der Waals surface area contributed by atoms with Crippen molar-refractivity contribution in [2.75, 3.05) is 7.11 Å². The highest BCUT2D eigenvalue weighted by molar-refractivity contribution is 5.28. The Hall–Kier alpha value is -1.28. The van der Waals surface area contributed by atoms with E-state index in [1.54, 1.807) is 7.11 Å². The molecular formula is C12H17NO. The van der Waals surface area contributed by atoms with E-state index in [9.17, 15) is 0 Å². The minimum atomic E-state index is 0.0962. The molecule has 0 fully saturated rings. The topological polar surface area (TPSA) is 35.2 Å². The summed E-state index contributed by atoms with van der Waals surface area (Å²) in [6.45, 7) is 3.68. The number of allylic oxidation sites excluding steroid dienone is 1. The third-order valence-electron chi connectivity index (χ3n) is 2.23. The molecule has 0 amide bonds. The molecule has 0 spiro atoms. The smallest absolute Gasteiger partial charge is 0.118 e. The highest BCUT2D eigenvalue weighted by Crippen LogP contribution is 2.19. The SMILES string of the molecule is C=CCC[C@@H](N)c1ccc(OC)cc1. The van der Waals surface area contributed by atoms with Crippen molar-refractivity contribution < 1.29 is 4.74 Å². The van der Waals surface area contributed by atoms with E-state index in [-0.39, 0.29) is 6.04 Å². The first-order chi connectivity index (χ1) is 6.77. The molecule has 1 aromatic rings. The molecule has 0 saturated carbocycles. The summed E-state index contributed by atoms with van der Waals surface area (Å²) in [5.74, 6) is 0.865. The van der Waals surface area contributed by atoms with Crippen molar-refractivity contribution in [1.82, 2.24) is 0 Å². The molecule has 2 heteroatoms. The van der Waals surface area contributed by atoms with Gasteiger partial charge >= 0.3 is 0 Å². The minimum Gasteiger partial charge on any atom is -0.497 e. The van der Waals surface area contributed by atoms with E-state index in [1.165, 1.54) is 0 Å². The van der Waals surface area contributed by atoms with Crippen LogP contribution in [0.25, 0.3) is 0 Å². The van der Waals surface area contributed by atoms with Gasteiger partial charge in [-0.2, -0.15) is 0 Å². The van der Waals surface area contributed by atoms with Crippen LogP contribution in [0.3, 0.4) is 0 Å². The number of ether oxygens (including phenoxy) is 1. The van der Waals surface area contributed by atoms with Crippen molar-refractivity contribution >= 4 is 0 Å². The summed E-state index contributed by atoms with van der Waals surface area (Å²) >= 11 is 0. The molecule has 14 heavy (non-hydrogen) atoms. The number of hydrogen-bond donors (Lipinski definition) is 1. The zero-order valence-corrected chi connectivity index (χ0v) is 8.57. The van der Waals surface area contributed by atoms with Crippen molar-refractivity contribution in [2.24, 2.45) is 5.73 Å². The molecule has 1 aromatic carbocycles. The van der Waals surface area contributed by atoms with Crippen LogP contribution >= 0.6 is 0 Å². The Labute approximate surface area is 85.4 Å². The van der Waals surface area contributed by atoms with E-state index < -0.39 is 0 Å². The highest BCUT2D eigenvalue weighted by Gasteiger charge is 2.04. The monoisotopic (exact) mass is 191 g/mol. The van der Waals surface area contributed by atoms with Crippen LogP contribution in [0.1, 0.15) is 24.4 Å². The maximum absolute atomic E-state index is 5.98. The predicted molar refractivity (Wildman–Crippen MR) is 59.4 cm³/mol. The number of hydrogen-bond acceptors (Lipinski definition) is 2. The van der Waals surface area contributed by atoms with Crippen LogP contribution in [0.2, 0.25) is 0 Å². The lowest BCUT2D eigenvalue weighted by Gasteiger charge is -2.10. The third kappa shape index (κ3) is 2.89. The first-order valence-corrected chi connectivity index (χ1v) is 4.78. The number of rotatable bonds is 5. The van der Waals surface area contributed by atoms with E-state index in [1.807, 2.05) is 30.3 Å². The van der Waals surface area contributed by atoms with Crippen LogP contribution in [0, 0.1) is 0 Å². The second-order valence-corrected chi connectivity index (χ2v) is 3.25. The average Bonchev–Trinajstić information content (AvgIpc) is 2.26. The Morgan fingerprint density at radius 3 is 2.57 bits per heavy atom. The van der Waals surface area contributed by atoms with Crippen molar-refractivity contribution in [2.45, 2.75) is 18.9 Å². The summed E-state index contributed by atoms with van der Waals surface area (Å²) in [6.07, 6.45) is 3.78. The fourth-order valence-corrected chi connectivity index (χ4v) is 1.32. The van der Waals surface area contributed by atoms with Crippen molar-refractivity contribution in [3.8, 4) is 5.75 Å². The van der Waals surface area contributed by atoms with Gasteiger partial charge in [0.25, 0.3) is 0 Å². The average molecular weight is 191 g/mol. The molecule has 0 radical (unpaired) electrons.